The molecule has 29 heavy (non-hydrogen) atoms. The number of carbonyl (C=O) groups excluding carboxylic acids is 1. The Morgan fingerprint density at radius 1 is 1.14 bits per heavy atom. The third kappa shape index (κ3) is 5.03. The molecule has 3 rings (SSSR count). The van der Waals surface area contributed by atoms with Gasteiger partial charge in [-0.15, -0.1) is 0 Å². The van der Waals surface area contributed by atoms with E-state index in [-0.39, 0.29) is 17.9 Å². The summed E-state index contributed by atoms with van der Waals surface area (Å²) < 4.78 is 13.2. The van der Waals surface area contributed by atoms with Crippen molar-refractivity contribution in [2.75, 3.05) is 13.2 Å². The first-order chi connectivity index (χ1) is 14.0. The molecule has 0 saturated carbocycles. The number of aromatic nitrogens is 1. The molecule has 7 nitrogen and oxygen atoms in total. The Hall–Kier alpha value is -3.13. The molecule has 0 spiro atoms. The van der Waals surface area contributed by atoms with Gasteiger partial charge in [-0.1, -0.05) is 35.6 Å². The second-order valence-corrected chi connectivity index (χ2v) is 7.32. The molecule has 0 aliphatic carbocycles. The number of carboxylic acids is 1. The van der Waals surface area contributed by atoms with Crippen LogP contribution in [0.4, 0.5) is 0 Å². The van der Waals surface area contributed by atoms with Crippen LogP contribution in [0, 0.1) is 5.92 Å². The number of carbonyl (C=O) groups is 2. The number of aliphatic carboxylic acids is 1. The van der Waals surface area contributed by atoms with E-state index in [9.17, 15) is 19.5 Å². The van der Waals surface area contributed by atoms with Crippen molar-refractivity contribution in [1.82, 2.24) is 4.57 Å². The van der Waals surface area contributed by atoms with Gasteiger partial charge < -0.3 is 14.6 Å². The Balaban J connectivity index is 1.59. The van der Waals surface area contributed by atoms with E-state index in [0.29, 0.717) is 24.5 Å². The molecule has 0 radical (unpaired) electrons. The zero-order valence-corrected chi connectivity index (χ0v) is 16.7. The van der Waals surface area contributed by atoms with Crippen LogP contribution in [0.25, 0.3) is 10.2 Å². The van der Waals surface area contributed by atoms with Crippen LogP contribution in [0.1, 0.15) is 12.5 Å². The molecule has 0 aliphatic rings. The molecule has 152 valence electrons. The largest absolute Gasteiger partial charge is 0.492 e. The number of fused-ring (bicyclic) bond motifs is 1. The van der Waals surface area contributed by atoms with Crippen LogP contribution >= 0.6 is 11.3 Å². The molecule has 2 aromatic carbocycles. The first-order valence-corrected chi connectivity index (χ1v) is 10.0. The lowest BCUT2D eigenvalue weighted by molar-refractivity contribution is -0.158. The second kappa shape index (κ2) is 9.38. The number of rotatable bonds is 9. The Morgan fingerprint density at radius 3 is 2.55 bits per heavy atom. The average Bonchev–Trinajstić information content (AvgIpc) is 3.02. The normalized spacial score (nSPS) is 11.9. The van der Waals surface area contributed by atoms with E-state index in [1.54, 1.807) is 35.8 Å². The zero-order chi connectivity index (χ0) is 20.8. The zero-order valence-electron chi connectivity index (χ0n) is 15.9. The van der Waals surface area contributed by atoms with Crippen molar-refractivity contribution >= 4 is 33.5 Å². The number of para-hydroxylation sites is 1. The van der Waals surface area contributed by atoms with E-state index in [1.165, 1.54) is 11.3 Å². The third-order valence-corrected chi connectivity index (χ3v) is 5.35. The quantitative estimate of drug-likeness (QED) is 0.427. The summed E-state index contributed by atoms with van der Waals surface area (Å²) in [5.74, 6) is -2.59. The van der Waals surface area contributed by atoms with Crippen molar-refractivity contribution in [3.05, 3.63) is 63.8 Å². The van der Waals surface area contributed by atoms with Gasteiger partial charge in [0.1, 0.15) is 12.4 Å². The summed E-state index contributed by atoms with van der Waals surface area (Å²) in [6.45, 7) is 2.52. The molecule has 0 saturated heterocycles. The Labute approximate surface area is 171 Å². The van der Waals surface area contributed by atoms with Gasteiger partial charge in [-0.3, -0.25) is 19.0 Å². The molecule has 1 heterocycles. The summed E-state index contributed by atoms with van der Waals surface area (Å²) in [4.78, 5) is 35.2. The molecule has 0 bridgehead atoms. The highest BCUT2D eigenvalue weighted by Gasteiger charge is 2.27. The van der Waals surface area contributed by atoms with Gasteiger partial charge in [0, 0.05) is 0 Å². The van der Waals surface area contributed by atoms with E-state index in [0.717, 1.165) is 10.2 Å². The predicted octanol–water partition coefficient (Wildman–Crippen LogP) is 2.95. The summed E-state index contributed by atoms with van der Waals surface area (Å²) in [5, 5.41) is 9.24. The Kier molecular flexibility index (Phi) is 6.66. The minimum absolute atomic E-state index is 0.0242. The highest BCUT2D eigenvalue weighted by molar-refractivity contribution is 7.16. The number of carboxylic acid groups (broad SMARTS) is 1. The summed E-state index contributed by atoms with van der Waals surface area (Å²) in [6.07, 6.45) is 0.0464. The van der Waals surface area contributed by atoms with E-state index in [2.05, 4.69) is 0 Å². The van der Waals surface area contributed by atoms with E-state index >= 15 is 0 Å². The summed E-state index contributed by atoms with van der Waals surface area (Å²) >= 11 is 1.21. The SMILES string of the molecule is CCOC(=O)C(Cc1ccc(OCCn2c(=O)sc3ccccc32)cc1)C(=O)O. The van der Waals surface area contributed by atoms with Crippen LogP contribution in [-0.4, -0.2) is 34.8 Å². The van der Waals surface area contributed by atoms with Crippen molar-refractivity contribution in [1.29, 1.82) is 0 Å². The predicted molar refractivity (Wildman–Crippen MR) is 109 cm³/mol. The number of benzene rings is 2. The topological polar surface area (TPSA) is 94.8 Å². The van der Waals surface area contributed by atoms with Gasteiger partial charge in [0.15, 0.2) is 5.92 Å². The highest BCUT2D eigenvalue weighted by Crippen LogP contribution is 2.18. The second-order valence-electron chi connectivity index (χ2n) is 6.33. The molecular weight excluding hydrogens is 394 g/mol. The molecular formula is C21H21NO6S. The molecule has 0 fully saturated rings. The van der Waals surface area contributed by atoms with Crippen molar-refractivity contribution < 1.29 is 24.2 Å². The maximum atomic E-state index is 12.1. The number of hydrogen-bond acceptors (Lipinski definition) is 6. The number of hydrogen-bond donors (Lipinski definition) is 1. The molecule has 3 aromatic rings. The fraction of sp³-hybridized carbons (Fsp3) is 0.286. The molecule has 1 aromatic heterocycles. The van der Waals surface area contributed by atoms with Crippen LogP contribution in [-0.2, 0) is 27.3 Å². The van der Waals surface area contributed by atoms with Crippen LogP contribution in [0.15, 0.2) is 53.3 Å². The fourth-order valence-electron chi connectivity index (χ4n) is 2.95. The van der Waals surface area contributed by atoms with Crippen molar-refractivity contribution in [2.45, 2.75) is 19.9 Å². The number of nitrogens with zero attached hydrogens (tertiary/aromatic N) is 1. The highest BCUT2D eigenvalue weighted by atomic mass is 32.1. The summed E-state index contributed by atoms with van der Waals surface area (Å²) in [6, 6.07) is 14.5. The lowest BCUT2D eigenvalue weighted by atomic mass is 9.99. The average molecular weight is 415 g/mol. The van der Waals surface area contributed by atoms with E-state index < -0.39 is 17.9 Å². The monoisotopic (exact) mass is 415 g/mol. The minimum atomic E-state index is -1.24. The van der Waals surface area contributed by atoms with Crippen LogP contribution in [0.3, 0.4) is 0 Å². The summed E-state index contributed by atoms with van der Waals surface area (Å²) in [5.41, 5.74) is 1.58. The fourth-order valence-corrected chi connectivity index (χ4v) is 3.87. The number of esters is 1. The van der Waals surface area contributed by atoms with E-state index in [1.807, 2.05) is 24.3 Å². The van der Waals surface area contributed by atoms with Crippen molar-refractivity contribution in [3.63, 3.8) is 0 Å². The molecule has 1 atom stereocenters. The van der Waals surface area contributed by atoms with Gasteiger partial charge in [0.25, 0.3) is 0 Å². The molecule has 0 aliphatic heterocycles. The maximum Gasteiger partial charge on any atom is 0.320 e. The van der Waals surface area contributed by atoms with Gasteiger partial charge in [-0.25, -0.2) is 0 Å². The van der Waals surface area contributed by atoms with Crippen molar-refractivity contribution in [3.8, 4) is 5.75 Å². The first kappa shape index (κ1) is 20.6. The van der Waals surface area contributed by atoms with Gasteiger partial charge in [-0.05, 0) is 43.2 Å². The Bertz CT molecular complexity index is 1050. The van der Waals surface area contributed by atoms with Crippen LogP contribution in [0.5, 0.6) is 5.75 Å². The lowest BCUT2D eigenvalue weighted by Crippen LogP contribution is -2.27. The molecule has 0 amide bonds. The first-order valence-electron chi connectivity index (χ1n) is 9.19. The van der Waals surface area contributed by atoms with Gasteiger partial charge in [-0.2, -0.15) is 0 Å². The summed E-state index contributed by atoms with van der Waals surface area (Å²) in [7, 11) is 0. The standard InChI is InChI=1S/C21H21NO6S/c1-2-27-20(25)16(19(23)24)13-14-7-9-15(10-8-14)28-12-11-22-17-5-3-4-6-18(17)29-21(22)26/h3-10,16H,2,11-13H2,1H3,(H,23,24). The number of thiazole rings is 1. The maximum absolute atomic E-state index is 12.1. The third-order valence-electron chi connectivity index (χ3n) is 4.39. The van der Waals surface area contributed by atoms with Gasteiger partial charge >= 0.3 is 16.8 Å². The van der Waals surface area contributed by atoms with Gasteiger partial charge in [0.05, 0.1) is 23.4 Å². The molecule has 1 unspecified atom stereocenters. The van der Waals surface area contributed by atoms with Crippen molar-refractivity contribution in [2.24, 2.45) is 5.92 Å². The van der Waals surface area contributed by atoms with Gasteiger partial charge in [0.2, 0.25) is 0 Å². The Morgan fingerprint density at radius 2 is 1.86 bits per heavy atom. The number of ether oxygens (including phenoxy) is 2. The van der Waals surface area contributed by atoms with Crippen LogP contribution < -0.4 is 9.61 Å². The molecule has 8 heteroatoms. The van der Waals surface area contributed by atoms with E-state index in [4.69, 9.17) is 9.47 Å². The minimum Gasteiger partial charge on any atom is -0.492 e. The lowest BCUT2D eigenvalue weighted by Gasteiger charge is -2.12. The van der Waals surface area contributed by atoms with Crippen LogP contribution in [0.2, 0.25) is 0 Å². The smallest absolute Gasteiger partial charge is 0.320 e. The molecule has 1 N–H and O–H groups in total.